The summed E-state index contributed by atoms with van der Waals surface area (Å²) in [4.78, 5) is 0. The number of methoxy groups -OCH3 is 1. The molecule has 1 atom stereocenters. The largest absolute Gasteiger partial charge is 0.495 e. The minimum absolute atomic E-state index is 0.115. The summed E-state index contributed by atoms with van der Waals surface area (Å²) in [5.41, 5.74) is 1.66. The third-order valence-corrected chi connectivity index (χ3v) is 4.29. The number of ether oxygens (including phenoxy) is 2. The Labute approximate surface area is 126 Å². The van der Waals surface area contributed by atoms with Crippen molar-refractivity contribution >= 4 is 17.3 Å². The van der Waals surface area contributed by atoms with Crippen LogP contribution in [0.1, 0.15) is 39.7 Å². The lowest BCUT2D eigenvalue weighted by Crippen LogP contribution is -2.38. The van der Waals surface area contributed by atoms with Gasteiger partial charge < -0.3 is 14.8 Å². The van der Waals surface area contributed by atoms with Crippen LogP contribution >= 0.6 is 11.6 Å². The summed E-state index contributed by atoms with van der Waals surface area (Å²) in [6, 6.07) is 4.11. The fraction of sp³-hybridized carbons (Fsp3) is 0.625. The van der Waals surface area contributed by atoms with Crippen LogP contribution in [0.5, 0.6) is 5.75 Å². The highest BCUT2D eigenvalue weighted by atomic mass is 35.5. The molecule has 2 rings (SSSR count). The highest BCUT2D eigenvalue weighted by molar-refractivity contribution is 6.31. The minimum atomic E-state index is -0.220. The van der Waals surface area contributed by atoms with Crippen LogP contribution in [0.2, 0.25) is 5.02 Å². The van der Waals surface area contributed by atoms with Crippen molar-refractivity contribution in [3.63, 3.8) is 0 Å². The Morgan fingerprint density at radius 1 is 1.30 bits per heavy atom. The predicted molar refractivity (Wildman–Crippen MR) is 84.0 cm³/mol. The van der Waals surface area contributed by atoms with Gasteiger partial charge in [0.1, 0.15) is 5.75 Å². The van der Waals surface area contributed by atoms with Crippen molar-refractivity contribution in [1.29, 1.82) is 0 Å². The number of hydrogen-bond donors (Lipinski definition) is 1. The van der Waals surface area contributed by atoms with Gasteiger partial charge in [-0.2, -0.15) is 0 Å². The van der Waals surface area contributed by atoms with E-state index >= 15 is 0 Å². The number of anilines is 1. The number of halogens is 1. The minimum Gasteiger partial charge on any atom is -0.495 e. The van der Waals surface area contributed by atoms with E-state index in [4.69, 9.17) is 21.1 Å². The van der Waals surface area contributed by atoms with Crippen LogP contribution in [-0.4, -0.2) is 24.4 Å². The van der Waals surface area contributed by atoms with E-state index in [0.717, 1.165) is 28.4 Å². The van der Waals surface area contributed by atoms with Crippen molar-refractivity contribution in [2.75, 3.05) is 12.4 Å². The first-order chi connectivity index (χ1) is 9.14. The molecule has 1 saturated heterocycles. The van der Waals surface area contributed by atoms with Gasteiger partial charge in [0.15, 0.2) is 0 Å². The highest BCUT2D eigenvalue weighted by Crippen LogP contribution is 2.41. The van der Waals surface area contributed by atoms with E-state index in [1.54, 1.807) is 7.11 Å². The van der Waals surface area contributed by atoms with E-state index in [2.05, 4.69) is 33.0 Å². The van der Waals surface area contributed by atoms with Crippen LogP contribution in [0.15, 0.2) is 12.1 Å². The second-order valence-corrected chi connectivity index (χ2v) is 7.08. The fourth-order valence-electron chi connectivity index (χ4n) is 2.92. The third kappa shape index (κ3) is 3.04. The van der Waals surface area contributed by atoms with Crippen molar-refractivity contribution in [2.24, 2.45) is 0 Å². The van der Waals surface area contributed by atoms with Gasteiger partial charge in [-0.05, 0) is 52.7 Å². The van der Waals surface area contributed by atoms with Crippen molar-refractivity contribution in [3.8, 4) is 5.75 Å². The normalized spacial score (nSPS) is 23.6. The maximum Gasteiger partial charge on any atom is 0.143 e. The zero-order valence-electron chi connectivity index (χ0n) is 13.1. The zero-order chi connectivity index (χ0) is 15.1. The maximum absolute atomic E-state index is 6.15. The Balaban J connectivity index is 2.28. The summed E-state index contributed by atoms with van der Waals surface area (Å²) < 4.78 is 11.5. The molecule has 3 nitrogen and oxygen atoms in total. The first-order valence-corrected chi connectivity index (χ1v) is 7.33. The first kappa shape index (κ1) is 15.5. The Kier molecular flexibility index (Phi) is 3.96. The molecule has 1 aliphatic heterocycles. The van der Waals surface area contributed by atoms with Gasteiger partial charge in [-0.15, -0.1) is 0 Å². The van der Waals surface area contributed by atoms with E-state index in [9.17, 15) is 0 Å². The molecular weight excluding hydrogens is 274 g/mol. The molecule has 1 aromatic rings. The van der Waals surface area contributed by atoms with Gasteiger partial charge in [0.25, 0.3) is 0 Å². The molecule has 0 saturated carbocycles. The van der Waals surface area contributed by atoms with Crippen LogP contribution in [-0.2, 0) is 4.74 Å². The Morgan fingerprint density at radius 2 is 1.95 bits per heavy atom. The molecule has 1 unspecified atom stereocenters. The Hall–Kier alpha value is -0.930. The van der Waals surface area contributed by atoms with Crippen molar-refractivity contribution in [2.45, 2.75) is 58.3 Å². The monoisotopic (exact) mass is 297 g/mol. The molecule has 20 heavy (non-hydrogen) atoms. The lowest BCUT2D eigenvalue weighted by molar-refractivity contribution is -0.0662. The Morgan fingerprint density at radius 3 is 2.45 bits per heavy atom. The molecule has 1 fully saturated rings. The highest BCUT2D eigenvalue weighted by Gasteiger charge is 2.46. The number of hydrogen-bond acceptors (Lipinski definition) is 3. The van der Waals surface area contributed by atoms with Gasteiger partial charge in [-0.1, -0.05) is 11.6 Å². The van der Waals surface area contributed by atoms with E-state index in [-0.39, 0.29) is 17.2 Å². The van der Waals surface area contributed by atoms with Crippen LogP contribution < -0.4 is 10.1 Å². The van der Waals surface area contributed by atoms with Crippen molar-refractivity contribution in [3.05, 3.63) is 22.7 Å². The number of nitrogens with one attached hydrogen (secondary N) is 1. The molecule has 1 aromatic carbocycles. The van der Waals surface area contributed by atoms with Crippen LogP contribution in [0, 0.1) is 6.92 Å². The van der Waals surface area contributed by atoms with Gasteiger partial charge in [0.2, 0.25) is 0 Å². The average Bonchev–Trinajstić information content (AvgIpc) is 2.51. The van der Waals surface area contributed by atoms with E-state index in [1.807, 2.05) is 19.1 Å². The summed E-state index contributed by atoms with van der Waals surface area (Å²) >= 11 is 6.15. The average molecular weight is 298 g/mol. The quantitative estimate of drug-likeness (QED) is 0.896. The van der Waals surface area contributed by atoms with Gasteiger partial charge >= 0.3 is 0 Å². The van der Waals surface area contributed by atoms with E-state index in [0.29, 0.717) is 0 Å². The second-order valence-electron chi connectivity index (χ2n) is 6.67. The fourth-order valence-corrected chi connectivity index (χ4v) is 3.07. The SMILES string of the molecule is COc1cc(Cl)c(C)cc1NC1CC(C)(C)OC1(C)C. The molecule has 112 valence electrons. The molecule has 1 N–H and O–H groups in total. The van der Waals surface area contributed by atoms with E-state index < -0.39 is 0 Å². The Bertz CT molecular complexity index is 511. The summed E-state index contributed by atoms with van der Waals surface area (Å²) in [6.45, 7) is 10.5. The lowest BCUT2D eigenvalue weighted by Gasteiger charge is -2.29. The molecule has 4 heteroatoms. The van der Waals surface area contributed by atoms with Crippen LogP contribution in [0.4, 0.5) is 5.69 Å². The molecule has 0 spiro atoms. The molecule has 1 heterocycles. The number of aryl methyl sites for hydroxylation is 1. The summed E-state index contributed by atoms with van der Waals surface area (Å²) in [5.74, 6) is 0.765. The van der Waals surface area contributed by atoms with Gasteiger partial charge in [0, 0.05) is 11.1 Å². The van der Waals surface area contributed by atoms with Gasteiger partial charge in [0.05, 0.1) is 30.0 Å². The van der Waals surface area contributed by atoms with Crippen molar-refractivity contribution in [1.82, 2.24) is 0 Å². The molecule has 1 aliphatic rings. The molecule has 0 bridgehead atoms. The predicted octanol–water partition coefficient (Wildman–Crippen LogP) is 4.42. The lowest BCUT2D eigenvalue weighted by atomic mass is 9.94. The molecule has 0 radical (unpaired) electrons. The summed E-state index contributed by atoms with van der Waals surface area (Å²) in [5, 5.41) is 4.28. The maximum atomic E-state index is 6.15. The molecular formula is C16H24ClNO2. The second kappa shape index (κ2) is 5.12. The molecule has 0 amide bonds. The summed E-state index contributed by atoms with van der Waals surface area (Å²) in [6.07, 6.45) is 0.949. The van der Waals surface area contributed by atoms with Crippen LogP contribution in [0.25, 0.3) is 0 Å². The smallest absolute Gasteiger partial charge is 0.143 e. The van der Waals surface area contributed by atoms with Crippen molar-refractivity contribution < 1.29 is 9.47 Å². The standard InChI is InChI=1S/C16H24ClNO2/c1-10-7-12(13(19-6)8-11(10)17)18-14-9-15(2,3)20-16(14,4)5/h7-8,14,18H,9H2,1-6H3. The molecule has 0 aliphatic carbocycles. The van der Waals surface area contributed by atoms with Gasteiger partial charge in [-0.3, -0.25) is 0 Å². The summed E-state index contributed by atoms with van der Waals surface area (Å²) in [7, 11) is 1.66. The number of rotatable bonds is 3. The first-order valence-electron chi connectivity index (χ1n) is 6.95. The van der Waals surface area contributed by atoms with Crippen LogP contribution in [0.3, 0.4) is 0 Å². The zero-order valence-corrected chi connectivity index (χ0v) is 13.9. The third-order valence-electron chi connectivity index (χ3n) is 3.88. The molecule has 0 aromatic heterocycles. The van der Waals surface area contributed by atoms with Gasteiger partial charge in [-0.25, -0.2) is 0 Å². The topological polar surface area (TPSA) is 30.5 Å². The number of benzene rings is 1. The van der Waals surface area contributed by atoms with E-state index in [1.165, 1.54) is 0 Å².